The first-order valence-electron chi connectivity index (χ1n) is 5.11. The predicted octanol–water partition coefficient (Wildman–Crippen LogP) is 1.81. The highest BCUT2D eigenvalue weighted by Gasteiger charge is 2.09. The van der Waals surface area contributed by atoms with Crippen molar-refractivity contribution in [2.24, 2.45) is 5.84 Å². The lowest BCUT2D eigenvalue weighted by molar-refractivity contribution is 0.379. The Bertz CT molecular complexity index is 574. The SMILES string of the molecule is COc1nc(NN)nc(Nc2cc(Br)ccc2F)n1. The van der Waals surface area contributed by atoms with Crippen molar-refractivity contribution < 1.29 is 9.13 Å². The molecule has 1 aromatic heterocycles. The number of methoxy groups -OCH3 is 1. The molecule has 0 bridgehead atoms. The van der Waals surface area contributed by atoms with Crippen molar-refractivity contribution in [2.45, 2.75) is 0 Å². The summed E-state index contributed by atoms with van der Waals surface area (Å²) in [7, 11) is 1.40. The summed E-state index contributed by atoms with van der Waals surface area (Å²) in [6.07, 6.45) is 0. The maximum atomic E-state index is 13.6. The Labute approximate surface area is 116 Å². The highest BCUT2D eigenvalue weighted by atomic mass is 79.9. The molecular formula is C10H10BrFN6O. The van der Waals surface area contributed by atoms with Crippen LogP contribution < -0.4 is 21.3 Å². The maximum absolute atomic E-state index is 13.6. The van der Waals surface area contributed by atoms with Gasteiger partial charge in [0.25, 0.3) is 0 Å². The Morgan fingerprint density at radius 3 is 2.68 bits per heavy atom. The molecule has 0 fully saturated rings. The molecule has 4 N–H and O–H groups in total. The molecule has 0 saturated heterocycles. The van der Waals surface area contributed by atoms with Gasteiger partial charge >= 0.3 is 6.01 Å². The maximum Gasteiger partial charge on any atom is 0.322 e. The van der Waals surface area contributed by atoms with Crippen molar-refractivity contribution in [3.8, 4) is 6.01 Å². The molecule has 2 rings (SSSR count). The predicted molar refractivity (Wildman–Crippen MR) is 71.6 cm³/mol. The quantitative estimate of drug-likeness (QED) is 0.581. The summed E-state index contributed by atoms with van der Waals surface area (Å²) >= 11 is 3.25. The van der Waals surface area contributed by atoms with Gasteiger partial charge in [0.05, 0.1) is 12.8 Å². The molecule has 2 aromatic rings. The first-order chi connectivity index (χ1) is 9.12. The van der Waals surface area contributed by atoms with Crippen molar-refractivity contribution in [1.82, 2.24) is 15.0 Å². The van der Waals surface area contributed by atoms with Crippen LogP contribution >= 0.6 is 15.9 Å². The Balaban J connectivity index is 2.34. The third-order valence-electron chi connectivity index (χ3n) is 2.10. The number of ether oxygens (including phenoxy) is 1. The Morgan fingerprint density at radius 2 is 2.00 bits per heavy atom. The van der Waals surface area contributed by atoms with Gasteiger partial charge in [0, 0.05) is 4.47 Å². The summed E-state index contributed by atoms with van der Waals surface area (Å²) in [6, 6.07) is 4.51. The normalized spacial score (nSPS) is 10.1. The van der Waals surface area contributed by atoms with Crippen LogP contribution in [0.25, 0.3) is 0 Å². The van der Waals surface area contributed by atoms with Crippen molar-refractivity contribution in [1.29, 1.82) is 0 Å². The second-order valence-electron chi connectivity index (χ2n) is 3.36. The monoisotopic (exact) mass is 328 g/mol. The Kier molecular flexibility index (Phi) is 4.07. The number of aromatic nitrogens is 3. The molecule has 7 nitrogen and oxygen atoms in total. The fourth-order valence-electron chi connectivity index (χ4n) is 1.28. The van der Waals surface area contributed by atoms with Gasteiger partial charge in [0.15, 0.2) is 0 Å². The van der Waals surface area contributed by atoms with Crippen LogP contribution in [-0.4, -0.2) is 22.1 Å². The number of halogens is 2. The molecule has 1 aromatic carbocycles. The van der Waals surface area contributed by atoms with E-state index in [9.17, 15) is 4.39 Å². The minimum absolute atomic E-state index is 0.0563. The molecule has 0 atom stereocenters. The van der Waals surface area contributed by atoms with Gasteiger partial charge in [0.2, 0.25) is 11.9 Å². The Hall–Kier alpha value is -2.00. The largest absolute Gasteiger partial charge is 0.467 e. The molecule has 9 heteroatoms. The van der Waals surface area contributed by atoms with Crippen LogP contribution in [0.1, 0.15) is 0 Å². The minimum Gasteiger partial charge on any atom is -0.467 e. The third kappa shape index (κ3) is 3.26. The average molecular weight is 329 g/mol. The molecule has 0 amide bonds. The van der Waals surface area contributed by atoms with E-state index >= 15 is 0 Å². The standard InChI is InChI=1S/C10H10BrFN6O/c1-19-10-16-8(15-9(17-10)18-13)14-7-4-5(11)2-3-6(7)12/h2-4H,13H2,1H3,(H2,14,15,16,17,18). The number of hydrogen-bond donors (Lipinski definition) is 3. The van der Waals surface area contributed by atoms with Gasteiger partial charge in [-0.2, -0.15) is 15.0 Å². The van der Waals surface area contributed by atoms with E-state index < -0.39 is 5.82 Å². The molecule has 0 radical (unpaired) electrons. The van der Waals surface area contributed by atoms with Crippen molar-refractivity contribution in [3.63, 3.8) is 0 Å². The van der Waals surface area contributed by atoms with Gasteiger partial charge in [-0.05, 0) is 18.2 Å². The molecule has 100 valence electrons. The van der Waals surface area contributed by atoms with Crippen LogP contribution in [-0.2, 0) is 0 Å². The minimum atomic E-state index is -0.440. The van der Waals surface area contributed by atoms with Gasteiger partial charge in [-0.1, -0.05) is 15.9 Å². The lowest BCUT2D eigenvalue weighted by Gasteiger charge is -2.08. The molecule has 0 aliphatic heterocycles. The topological polar surface area (TPSA) is 98.0 Å². The van der Waals surface area contributed by atoms with E-state index in [1.807, 2.05) is 0 Å². The first-order valence-corrected chi connectivity index (χ1v) is 5.90. The zero-order chi connectivity index (χ0) is 13.8. The van der Waals surface area contributed by atoms with Crippen molar-refractivity contribution in [3.05, 3.63) is 28.5 Å². The number of rotatable bonds is 4. The zero-order valence-corrected chi connectivity index (χ0v) is 11.4. The summed E-state index contributed by atoms with van der Waals surface area (Å²) in [5, 5.41) is 2.72. The number of hydrogen-bond acceptors (Lipinski definition) is 7. The number of nitrogens with two attached hydrogens (primary N) is 1. The van der Waals surface area contributed by atoms with Gasteiger partial charge < -0.3 is 10.1 Å². The Morgan fingerprint density at radius 1 is 1.26 bits per heavy atom. The number of benzene rings is 1. The second-order valence-corrected chi connectivity index (χ2v) is 4.28. The van der Waals surface area contributed by atoms with Gasteiger partial charge in [-0.25, -0.2) is 10.2 Å². The van der Waals surface area contributed by atoms with Crippen LogP contribution in [0.3, 0.4) is 0 Å². The molecule has 1 heterocycles. The van der Waals surface area contributed by atoms with E-state index in [0.717, 1.165) is 4.47 Å². The summed E-state index contributed by atoms with van der Waals surface area (Å²) in [5.41, 5.74) is 2.48. The van der Waals surface area contributed by atoms with Gasteiger partial charge in [-0.3, -0.25) is 5.43 Å². The smallest absolute Gasteiger partial charge is 0.322 e. The molecular weight excluding hydrogens is 319 g/mol. The fourth-order valence-corrected chi connectivity index (χ4v) is 1.64. The lowest BCUT2D eigenvalue weighted by atomic mass is 10.3. The summed E-state index contributed by atoms with van der Waals surface area (Å²) in [4.78, 5) is 11.7. The second kappa shape index (κ2) is 5.76. The fraction of sp³-hybridized carbons (Fsp3) is 0.100. The van der Waals surface area contributed by atoms with Crippen LogP contribution in [0, 0.1) is 5.82 Å². The van der Waals surface area contributed by atoms with Crippen LogP contribution in [0.5, 0.6) is 6.01 Å². The van der Waals surface area contributed by atoms with Crippen molar-refractivity contribution >= 4 is 33.5 Å². The molecule has 0 saturated carbocycles. The van der Waals surface area contributed by atoms with Crippen LogP contribution in [0.4, 0.5) is 22.0 Å². The molecule has 0 aliphatic carbocycles. The molecule has 0 aliphatic rings. The highest BCUT2D eigenvalue weighted by molar-refractivity contribution is 9.10. The average Bonchev–Trinajstić information content (AvgIpc) is 2.42. The number of nitrogen functional groups attached to an aromatic ring is 1. The van der Waals surface area contributed by atoms with E-state index in [1.165, 1.54) is 13.2 Å². The van der Waals surface area contributed by atoms with E-state index in [2.05, 4.69) is 41.6 Å². The van der Waals surface area contributed by atoms with E-state index in [-0.39, 0.29) is 23.6 Å². The van der Waals surface area contributed by atoms with Crippen LogP contribution in [0.15, 0.2) is 22.7 Å². The molecule has 19 heavy (non-hydrogen) atoms. The number of anilines is 3. The van der Waals surface area contributed by atoms with E-state index in [4.69, 9.17) is 10.6 Å². The third-order valence-corrected chi connectivity index (χ3v) is 2.59. The van der Waals surface area contributed by atoms with Crippen LogP contribution in [0.2, 0.25) is 0 Å². The molecule has 0 unspecified atom stereocenters. The lowest BCUT2D eigenvalue weighted by Crippen LogP contribution is -2.13. The van der Waals surface area contributed by atoms with Gasteiger partial charge in [-0.15, -0.1) is 0 Å². The van der Waals surface area contributed by atoms with Gasteiger partial charge in [0.1, 0.15) is 5.82 Å². The highest BCUT2D eigenvalue weighted by Crippen LogP contribution is 2.23. The zero-order valence-electron chi connectivity index (χ0n) is 9.82. The first kappa shape index (κ1) is 13.4. The summed E-state index contributed by atoms with van der Waals surface area (Å²) in [6.45, 7) is 0. The number of nitrogens with zero attached hydrogens (tertiary/aromatic N) is 3. The van der Waals surface area contributed by atoms with E-state index in [1.54, 1.807) is 12.1 Å². The van der Waals surface area contributed by atoms with Crippen molar-refractivity contribution in [2.75, 3.05) is 17.9 Å². The molecule has 0 spiro atoms. The van der Waals surface area contributed by atoms with E-state index in [0.29, 0.717) is 0 Å². The summed E-state index contributed by atoms with van der Waals surface area (Å²) < 4.78 is 19.2. The number of hydrazine groups is 1. The number of nitrogens with one attached hydrogen (secondary N) is 2. The summed E-state index contributed by atoms with van der Waals surface area (Å²) in [5.74, 6) is 4.99.